The Morgan fingerprint density at radius 2 is 1.85 bits per heavy atom. The molecule has 3 rings (SSSR count). The minimum atomic E-state index is 0.783. The lowest BCUT2D eigenvalue weighted by Crippen LogP contribution is -2.24. The van der Waals surface area contributed by atoms with Gasteiger partial charge >= 0.3 is 0 Å². The minimum Gasteiger partial charge on any atom is -0.310 e. The van der Waals surface area contributed by atoms with Crippen LogP contribution in [0.25, 0.3) is 0 Å². The van der Waals surface area contributed by atoms with Gasteiger partial charge in [0.15, 0.2) is 0 Å². The third-order valence-corrected chi connectivity index (χ3v) is 5.12. The molecule has 1 aromatic rings. The summed E-state index contributed by atoms with van der Waals surface area (Å²) in [6, 6.07) is 7.67. The molecule has 1 aromatic carbocycles. The molecule has 2 fully saturated rings. The summed E-state index contributed by atoms with van der Waals surface area (Å²) in [6.07, 6.45) is 8.25. The topological polar surface area (TPSA) is 15.3 Å². The number of nitrogens with one attached hydrogen (secondary N) is 1. The quantitative estimate of drug-likeness (QED) is 0.871. The maximum absolute atomic E-state index is 3.76. The van der Waals surface area contributed by atoms with Gasteiger partial charge in [-0.25, -0.2) is 0 Å². The van der Waals surface area contributed by atoms with Gasteiger partial charge in [0.05, 0.1) is 0 Å². The fourth-order valence-electron chi connectivity index (χ4n) is 2.91. The van der Waals surface area contributed by atoms with Crippen LogP contribution in [0.5, 0.6) is 0 Å². The zero-order chi connectivity index (χ0) is 13.8. The van der Waals surface area contributed by atoms with Crippen LogP contribution in [-0.2, 0) is 13.1 Å². The molecule has 110 valence electrons. The van der Waals surface area contributed by atoms with Crippen LogP contribution in [0.15, 0.2) is 22.7 Å². The standard InChI is InChI=1S/C17H25BrN2/c18-17-11-14(12-19-16-7-8-16)5-6-15(17)13-20-9-3-1-2-4-10-20/h5-6,11,16,19H,1-4,7-10,12-13H2. The van der Waals surface area contributed by atoms with E-state index in [4.69, 9.17) is 0 Å². The van der Waals surface area contributed by atoms with Gasteiger partial charge in [-0.1, -0.05) is 40.9 Å². The number of benzene rings is 1. The van der Waals surface area contributed by atoms with Gasteiger partial charge in [0.2, 0.25) is 0 Å². The smallest absolute Gasteiger partial charge is 0.0244 e. The van der Waals surface area contributed by atoms with Crippen LogP contribution >= 0.6 is 15.9 Å². The van der Waals surface area contributed by atoms with Crippen molar-refractivity contribution in [1.29, 1.82) is 0 Å². The molecule has 2 aliphatic rings. The first-order valence-corrected chi connectivity index (χ1v) is 8.83. The van der Waals surface area contributed by atoms with Crippen molar-refractivity contribution >= 4 is 15.9 Å². The van der Waals surface area contributed by atoms with Crippen molar-refractivity contribution in [2.24, 2.45) is 0 Å². The zero-order valence-electron chi connectivity index (χ0n) is 12.2. The second kappa shape index (κ2) is 7.06. The first kappa shape index (κ1) is 14.6. The van der Waals surface area contributed by atoms with Crippen molar-refractivity contribution in [3.8, 4) is 0 Å². The first-order chi connectivity index (χ1) is 9.81. The number of nitrogens with zero attached hydrogens (tertiary/aromatic N) is 1. The molecule has 0 radical (unpaired) electrons. The van der Waals surface area contributed by atoms with E-state index in [1.54, 1.807) is 0 Å². The van der Waals surface area contributed by atoms with Gasteiger partial charge in [-0.05, 0) is 56.0 Å². The maximum Gasteiger partial charge on any atom is 0.0244 e. The van der Waals surface area contributed by atoms with Gasteiger partial charge in [0, 0.05) is 23.6 Å². The molecular weight excluding hydrogens is 312 g/mol. The van der Waals surface area contributed by atoms with E-state index in [-0.39, 0.29) is 0 Å². The summed E-state index contributed by atoms with van der Waals surface area (Å²) in [4.78, 5) is 2.61. The van der Waals surface area contributed by atoms with Gasteiger partial charge in [-0.2, -0.15) is 0 Å². The highest BCUT2D eigenvalue weighted by atomic mass is 79.9. The molecule has 3 heteroatoms. The Kier molecular flexibility index (Phi) is 5.14. The number of halogens is 1. The lowest BCUT2D eigenvalue weighted by Gasteiger charge is -2.20. The Morgan fingerprint density at radius 1 is 1.10 bits per heavy atom. The molecule has 0 unspecified atom stereocenters. The lowest BCUT2D eigenvalue weighted by molar-refractivity contribution is 0.276. The van der Waals surface area contributed by atoms with Crippen molar-refractivity contribution in [3.63, 3.8) is 0 Å². The summed E-state index contributed by atoms with van der Waals surface area (Å²) in [7, 11) is 0. The second-order valence-electron chi connectivity index (χ2n) is 6.27. The van der Waals surface area contributed by atoms with E-state index in [2.05, 4.69) is 44.3 Å². The Bertz CT molecular complexity index is 435. The molecule has 2 nitrogen and oxygen atoms in total. The summed E-state index contributed by atoms with van der Waals surface area (Å²) >= 11 is 3.76. The van der Waals surface area contributed by atoms with Gasteiger partial charge in [-0.15, -0.1) is 0 Å². The Balaban J connectivity index is 1.57. The molecule has 0 amide bonds. The maximum atomic E-state index is 3.76. The summed E-state index contributed by atoms with van der Waals surface area (Å²) in [6.45, 7) is 4.62. The average molecular weight is 337 g/mol. The van der Waals surface area contributed by atoms with Crippen LogP contribution in [-0.4, -0.2) is 24.0 Å². The molecule has 1 aliphatic heterocycles. The van der Waals surface area contributed by atoms with Crippen LogP contribution in [0, 0.1) is 0 Å². The van der Waals surface area contributed by atoms with Crippen molar-refractivity contribution in [3.05, 3.63) is 33.8 Å². The van der Waals surface area contributed by atoms with Crippen molar-refractivity contribution in [2.75, 3.05) is 13.1 Å². The van der Waals surface area contributed by atoms with E-state index in [9.17, 15) is 0 Å². The van der Waals surface area contributed by atoms with Gasteiger partial charge in [0.1, 0.15) is 0 Å². The van der Waals surface area contributed by atoms with E-state index in [1.807, 2.05) is 0 Å². The predicted molar refractivity (Wildman–Crippen MR) is 87.7 cm³/mol. The first-order valence-electron chi connectivity index (χ1n) is 8.04. The molecule has 1 saturated carbocycles. The highest BCUT2D eigenvalue weighted by Gasteiger charge is 2.20. The van der Waals surface area contributed by atoms with Gasteiger partial charge < -0.3 is 5.32 Å². The van der Waals surface area contributed by atoms with E-state index in [0.717, 1.165) is 19.1 Å². The Labute approximate surface area is 131 Å². The van der Waals surface area contributed by atoms with Crippen LogP contribution in [0.3, 0.4) is 0 Å². The highest BCUT2D eigenvalue weighted by molar-refractivity contribution is 9.10. The fourth-order valence-corrected chi connectivity index (χ4v) is 3.47. The largest absolute Gasteiger partial charge is 0.310 e. The molecule has 0 aromatic heterocycles. The molecule has 1 heterocycles. The summed E-state index contributed by atoms with van der Waals surface area (Å²) in [5.41, 5.74) is 2.82. The fraction of sp³-hybridized carbons (Fsp3) is 0.647. The molecule has 1 saturated heterocycles. The second-order valence-corrected chi connectivity index (χ2v) is 7.13. The number of hydrogen-bond acceptors (Lipinski definition) is 2. The lowest BCUT2D eigenvalue weighted by atomic mass is 10.1. The van der Waals surface area contributed by atoms with Crippen molar-refractivity contribution < 1.29 is 0 Å². The highest BCUT2D eigenvalue weighted by Crippen LogP contribution is 2.23. The monoisotopic (exact) mass is 336 g/mol. The molecule has 0 bridgehead atoms. The third-order valence-electron chi connectivity index (χ3n) is 4.38. The van der Waals surface area contributed by atoms with Crippen molar-refractivity contribution in [1.82, 2.24) is 10.2 Å². The SMILES string of the molecule is Brc1cc(CNC2CC2)ccc1CN1CCCCCC1. The average Bonchev–Trinajstić information content (AvgIpc) is 3.26. The molecular formula is C17H25BrN2. The van der Waals surface area contributed by atoms with Gasteiger partial charge in [-0.3, -0.25) is 4.90 Å². The molecule has 20 heavy (non-hydrogen) atoms. The van der Waals surface area contributed by atoms with Crippen molar-refractivity contribution in [2.45, 2.75) is 57.7 Å². The molecule has 1 aliphatic carbocycles. The Morgan fingerprint density at radius 3 is 2.50 bits per heavy atom. The van der Waals surface area contributed by atoms with Crippen LogP contribution < -0.4 is 5.32 Å². The normalized spacial score (nSPS) is 20.9. The van der Waals surface area contributed by atoms with Gasteiger partial charge in [0.25, 0.3) is 0 Å². The molecule has 0 atom stereocenters. The van der Waals surface area contributed by atoms with E-state index in [0.29, 0.717) is 0 Å². The van der Waals surface area contributed by atoms with Crippen LogP contribution in [0.4, 0.5) is 0 Å². The van der Waals surface area contributed by atoms with E-state index < -0.39 is 0 Å². The zero-order valence-corrected chi connectivity index (χ0v) is 13.8. The number of rotatable bonds is 5. The van der Waals surface area contributed by atoms with E-state index in [1.165, 1.54) is 67.2 Å². The Hall–Kier alpha value is -0.380. The van der Waals surface area contributed by atoms with Crippen LogP contribution in [0.1, 0.15) is 49.7 Å². The summed E-state index contributed by atoms with van der Waals surface area (Å²) in [5, 5.41) is 3.58. The minimum absolute atomic E-state index is 0.783. The number of likely N-dealkylation sites (tertiary alicyclic amines) is 1. The van der Waals surface area contributed by atoms with E-state index >= 15 is 0 Å². The third kappa shape index (κ3) is 4.31. The molecule has 1 N–H and O–H groups in total. The summed E-state index contributed by atoms with van der Waals surface area (Å²) in [5.74, 6) is 0. The number of hydrogen-bond donors (Lipinski definition) is 1. The molecule has 0 spiro atoms. The predicted octanol–water partition coefficient (Wildman–Crippen LogP) is 4.08. The summed E-state index contributed by atoms with van der Waals surface area (Å²) < 4.78 is 1.27. The van der Waals surface area contributed by atoms with Crippen LogP contribution in [0.2, 0.25) is 0 Å².